The van der Waals surface area contributed by atoms with Crippen LogP contribution >= 0.6 is 0 Å². The first-order valence-corrected chi connectivity index (χ1v) is 9.77. The summed E-state index contributed by atoms with van der Waals surface area (Å²) in [5, 5.41) is 2.24. The molecule has 2 rings (SSSR count). The van der Waals surface area contributed by atoms with Crippen molar-refractivity contribution in [1.29, 1.82) is 0 Å². The number of nitrogens with zero attached hydrogens (tertiary/aromatic N) is 1. The molecule has 0 atom stereocenters. The minimum absolute atomic E-state index is 0.0694. The summed E-state index contributed by atoms with van der Waals surface area (Å²) in [7, 11) is -3.63. The van der Waals surface area contributed by atoms with E-state index >= 15 is 0 Å². The van der Waals surface area contributed by atoms with Crippen molar-refractivity contribution in [3.05, 3.63) is 64.7 Å². The lowest BCUT2D eigenvalue weighted by atomic mass is 10.1. The van der Waals surface area contributed by atoms with Crippen LogP contribution < -0.4 is 5.32 Å². The van der Waals surface area contributed by atoms with Gasteiger partial charge in [-0.2, -0.15) is 4.31 Å². The lowest BCUT2D eigenvalue weighted by Gasteiger charge is -2.18. The zero-order chi connectivity index (χ0) is 21.1. The standard InChI is InChI=1S/C18H18F4N2O3S/c1-3-24(4-2)28(26,27)12-7-5-11(6-8-12)10-23-18(25)13-9-14(19)16(21)17(22)15(13)20/h5-9H,3-4,10H2,1-2H3,(H,23,25). The average Bonchev–Trinajstić information content (AvgIpc) is 2.68. The van der Waals surface area contributed by atoms with Crippen molar-refractivity contribution in [1.82, 2.24) is 9.62 Å². The first kappa shape index (κ1) is 21.8. The molecular formula is C18H18F4N2O3S. The highest BCUT2D eigenvalue weighted by Gasteiger charge is 2.23. The molecule has 0 spiro atoms. The monoisotopic (exact) mass is 418 g/mol. The highest BCUT2D eigenvalue weighted by molar-refractivity contribution is 7.89. The smallest absolute Gasteiger partial charge is 0.254 e. The molecule has 0 unspecified atom stereocenters. The Bertz CT molecular complexity index is 975. The predicted octanol–water partition coefficient (Wildman–Crippen LogP) is 3.20. The largest absolute Gasteiger partial charge is 0.348 e. The van der Waals surface area contributed by atoms with Crippen molar-refractivity contribution < 1.29 is 30.8 Å². The van der Waals surface area contributed by atoms with Crippen LogP contribution in [0.15, 0.2) is 35.2 Å². The first-order valence-electron chi connectivity index (χ1n) is 8.33. The molecule has 0 saturated carbocycles. The van der Waals surface area contributed by atoms with Gasteiger partial charge in [-0.15, -0.1) is 0 Å². The molecular weight excluding hydrogens is 400 g/mol. The topological polar surface area (TPSA) is 66.5 Å². The van der Waals surface area contributed by atoms with Crippen LogP contribution in [0.25, 0.3) is 0 Å². The Balaban J connectivity index is 2.13. The van der Waals surface area contributed by atoms with E-state index in [-0.39, 0.29) is 17.5 Å². The molecule has 152 valence electrons. The Morgan fingerprint density at radius 3 is 2.07 bits per heavy atom. The van der Waals surface area contributed by atoms with Crippen LogP contribution in [-0.2, 0) is 16.6 Å². The molecule has 2 aromatic carbocycles. The van der Waals surface area contributed by atoms with Gasteiger partial charge in [0.15, 0.2) is 23.3 Å². The van der Waals surface area contributed by atoms with E-state index in [1.54, 1.807) is 13.8 Å². The van der Waals surface area contributed by atoms with Gasteiger partial charge in [0.05, 0.1) is 10.5 Å². The summed E-state index contributed by atoms with van der Waals surface area (Å²) in [6.45, 7) is 3.89. The van der Waals surface area contributed by atoms with Crippen molar-refractivity contribution in [3.8, 4) is 0 Å². The number of amides is 1. The SMILES string of the molecule is CCN(CC)S(=O)(=O)c1ccc(CNC(=O)c2cc(F)c(F)c(F)c2F)cc1. The number of hydrogen-bond donors (Lipinski definition) is 1. The summed E-state index contributed by atoms with van der Waals surface area (Å²) >= 11 is 0. The zero-order valence-corrected chi connectivity index (χ0v) is 15.9. The number of sulfonamides is 1. The Morgan fingerprint density at radius 2 is 1.54 bits per heavy atom. The normalized spacial score (nSPS) is 11.7. The maximum absolute atomic E-state index is 13.6. The lowest BCUT2D eigenvalue weighted by Crippen LogP contribution is -2.30. The Kier molecular flexibility index (Phi) is 6.78. The highest BCUT2D eigenvalue weighted by atomic mass is 32.2. The molecule has 0 bridgehead atoms. The fraction of sp³-hybridized carbons (Fsp3) is 0.278. The van der Waals surface area contributed by atoms with Gasteiger partial charge in [-0.25, -0.2) is 26.0 Å². The number of carbonyl (C=O) groups excluding carboxylic acids is 1. The summed E-state index contributed by atoms with van der Waals surface area (Å²) < 4.78 is 79.1. The molecule has 0 saturated heterocycles. The molecule has 2 aromatic rings. The van der Waals surface area contributed by atoms with E-state index in [1.165, 1.54) is 28.6 Å². The number of carbonyl (C=O) groups is 1. The molecule has 0 aliphatic carbocycles. The molecule has 0 aliphatic heterocycles. The fourth-order valence-electron chi connectivity index (χ4n) is 2.51. The molecule has 1 amide bonds. The van der Waals surface area contributed by atoms with Crippen LogP contribution in [0, 0.1) is 23.3 Å². The van der Waals surface area contributed by atoms with E-state index in [0.29, 0.717) is 18.7 Å². The minimum atomic E-state index is -3.63. The third kappa shape index (κ3) is 4.33. The maximum atomic E-state index is 13.6. The van der Waals surface area contributed by atoms with E-state index in [1.807, 2.05) is 0 Å². The average molecular weight is 418 g/mol. The van der Waals surface area contributed by atoms with Gasteiger partial charge in [-0.3, -0.25) is 4.79 Å². The fourth-order valence-corrected chi connectivity index (χ4v) is 3.97. The van der Waals surface area contributed by atoms with E-state index in [9.17, 15) is 30.8 Å². The number of halogens is 4. The van der Waals surface area contributed by atoms with E-state index in [4.69, 9.17) is 0 Å². The summed E-state index contributed by atoms with van der Waals surface area (Å²) in [6.07, 6.45) is 0. The maximum Gasteiger partial charge on any atom is 0.254 e. The van der Waals surface area contributed by atoms with Crippen LogP contribution in [0.2, 0.25) is 0 Å². The highest BCUT2D eigenvalue weighted by Crippen LogP contribution is 2.19. The van der Waals surface area contributed by atoms with E-state index in [2.05, 4.69) is 5.32 Å². The predicted molar refractivity (Wildman–Crippen MR) is 94.0 cm³/mol. The number of hydrogen-bond acceptors (Lipinski definition) is 3. The quantitative estimate of drug-likeness (QED) is 0.427. The molecule has 0 fully saturated rings. The summed E-state index contributed by atoms with van der Waals surface area (Å²) in [5.41, 5.74) is -0.507. The van der Waals surface area contributed by atoms with Crippen LogP contribution in [0.3, 0.4) is 0 Å². The number of benzene rings is 2. The first-order chi connectivity index (χ1) is 13.1. The molecule has 5 nitrogen and oxygen atoms in total. The molecule has 0 radical (unpaired) electrons. The van der Waals surface area contributed by atoms with Crippen molar-refractivity contribution in [2.24, 2.45) is 0 Å². The van der Waals surface area contributed by atoms with Gasteiger partial charge in [0.25, 0.3) is 5.91 Å². The number of rotatable bonds is 7. The van der Waals surface area contributed by atoms with E-state index < -0.39 is 44.8 Å². The van der Waals surface area contributed by atoms with Crippen LogP contribution in [-0.4, -0.2) is 31.7 Å². The summed E-state index contributed by atoms with van der Waals surface area (Å²) in [6, 6.07) is 5.86. The van der Waals surface area contributed by atoms with Crippen molar-refractivity contribution >= 4 is 15.9 Å². The van der Waals surface area contributed by atoms with Gasteiger partial charge in [0.2, 0.25) is 10.0 Å². The molecule has 28 heavy (non-hydrogen) atoms. The molecule has 0 aromatic heterocycles. The van der Waals surface area contributed by atoms with Gasteiger partial charge in [-0.05, 0) is 23.8 Å². The Labute approximate surface area is 160 Å². The van der Waals surface area contributed by atoms with Crippen molar-refractivity contribution in [2.45, 2.75) is 25.3 Å². The second-order valence-corrected chi connectivity index (χ2v) is 7.70. The molecule has 0 heterocycles. The van der Waals surface area contributed by atoms with Crippen molar-refractivity contribution in [2.75, 3.05) is 13.1 Å². The van der Waals surface area contributed by atoms with E-state index in [0.717, 1.165) is 0 Å². The second kappa shape index (κ2) is 8.70. The van der Waals surface area contributed by atoms with Gasteiger partial charge >= 0.3 is 0 Å². The van der Waals surface area contributed by atoms with Crippen LogP contribution in [0.5, 0.6) is 0 Å². The number of nitrogens with one attached hydrogen (secondary N) is 1. The van der Waals surface area contributed by atoms with Gasteiger partial charge in [0.1, 0.15) is 0 Å². The molecule has 0 aliphatic rings. The lowest BCUT2D eigenvalue weighted by molar-refractivity contribution is 0.0944. The Morgan fingerprint density at radius 1 is 0.964 bits per heavy atom. The molecule has 1 N–H and O–H groups in total. The van der Waals surface area contributed by atoms with Gasteiger partial charge in [0, 0.05) is 19.6 Å². The van der Waals surface area contributed by atoms with Crippen LogP contribution in [0.4, 0.5) is 17.6 Å². The van der Waals surface area contributed by atoms with Crippen molar-refractivity contribution in [3.63, 3.8) is 0 Å². The minimum Gasteiger partial charge on any atom is -0.348 e. The zero-order valence-electron chi connectivity index (χ0n) is 15.1. The van der Waals surface area contributed by atoms with Gasteiger partial charge in [-0.1, -0.05) is 26.0 Å². The third-order valence-corrected chi connectivity index (χ3v) is 6.13. The Hall–Kier alpha value is -2.46. The molecule has 10 heteroatoms. The summed E-state index contributed by atoms with van der Waals surface area (Å²) in [4.78, 5) is 12.0. The second-order valence-electron chi connectivity index (χ2n) is 5.76. The third-order valence-electron chi connectivity index (χ3n) is 4.07. The van der Waals surface area contributed by atoms with Gasteiger partial charge < -0.3 is 5.32 Å². The van der Waals surface area contributed by atoms with Crippen LogP contribution in [0.1, 0.15) is 29.8 Å². The summed E-state index contributed by atoms with van der Waals surface area (Å²) in [5.74, 6) is -8.70.